The van der Waals surface area contributed by atoms with Crippen molar-refractivity contribution >= 4 is 11.9 Å². The third-order valence-electron chi connectivity index (χ3n) is 6.29. The van der Waals surface area contributed by atoms with Crippen LogP contribution in [0.5, 0.6) is 11.5 Å². The molecule has 2 heterocycles. The molecule has 0 bridgehead atoms. The topological polar surface area (TPSA) is 202 Å². The lowest BCUT2D eigenvalue weighted by Gasteiger charge is -2.41. The molecule has 0 radical (unpaired) electrons. The van der Waals surface area contributed by atoms with Crippen LogP contribution >= 0.6 is 0 Å². The maximum atomic E-state index is 12.7. The smallest absolute Gasteiger partial charge is 0.337 e. The molecule has 0 saturated carbocycles. The number of benzene rings is 1. The molecule has 1 fully saturated rings. The van der Waals surface area contributed by atoms with E-state index in [-0.39, 0.29) is 36.5 Å². The maximum absolute atomic E-state index is 12.7. The van der Waals surface area contributed by atoms with Gasteiger partial charge in [0.05, 0.1) is 38.6 Å². The van der Waals surface area contributed by atoms with Crippen molar-refractivity contribution in [2.75, 3.05) is 20.3 Å². The predicted octanol–water partition coefficient (Wildman–Crippen LogP) is -0.634. The largest absolute Gasteiger partial charge is 0.504 e. The Kier molecular flexibility index (Phi) is 10.1. The van der Waals surface area contributed by atoms with E-state index in [1.165, 1.54) is 12.1 Å². The Bertz CT molecular complexity index is 1050. The minimum atomic E-state index is -1.69. The Balaban J connectivity index is 1.71. The van der Waals surface area contributed by atoms with Crippen LogP contribution < -0.4 is 0 Å². The van der Waals surface area contributed by atoms with Gasteiger partial charge in [0.25, 0.3) is 0 Å². The number of rotatable bonds is 9. The number of ether oxygens (including phenoxy) is 5. The molecule has 3 rings (SSSR count). The summed E-state index contributed by atoms with van der Waals surface area (Å²) in [6, 6.07) is 4.23. The first-order valence-electron chi connectivity index (χ1n) is 11.8. The maximum Gasteiger partial charge on any atom is 0.337 e. The molecule has 1 aromatic carbocycles. The first-order chi connectivity index (χ1) is 18.1. The number of methoxy groups -OCH3 is 1. The first kappa shape index (κ1) is 29.4. The van der Waals surface area contributed by atoms with Crippen LogP contribution in [-0.2, 0) is 39.7 Å². The Morgan fingerprint density at radius 1 is 1.08 bits per heavy atom. The van der Waals surface area contributed by atoms with Crippen LogP contribution in [0.2, 0.25) is 0 Å². The number of aliphatic hydroxyl groups excluding tert-OH is 4. The molecule has 1 saturated heterocycles. The number of aliphatic hydroxyl groups is 4. The summed E-state index contributed by atoms with van der Waals surface area (Å²) in [5.74, 6) is -2.89. The second-order valence-electron chi connectivity index (χ2n) is 8.71. The van der Waals surface area contributed by atoms with Crippen molar-refractivity contribution in [3.63, 3.8) is 0 Å². The lowest BCUT2D eigenvalue weighted by molar-refractivity contribution is -0.327. The number of esters is 2. The highest BCUT2D eigenvalue weighted by atomic mass is 16.8. The summed E-state index contributed by atoms with van der Waals surface area (Å²) in [4.78, 5) is 25.1. The van der Waals surface area contributed by atoms with Crippen molar-refractivity contribution in [1.82, 2.24) is 0 Å². The van der Waals surface area contributed by atoms with Crippen LogP contribution in [0, 0.1) is 5.92 Å². The van der Waals surface area contributed by atoms with Crippen molar-refractivity contribution in [3.8, 4) is 11.5 Å². The van der Waals surface area contributed by atoms with E-state index < -0.39 is 61.5 Å². The molecule has 210 valence electrons. The molecule has 2 unspecified atom stereocenters. The SMILES string of the molecule is C/C=C1/[C@H](O[C@H]2OC(CO)C(O)[C@H](O)[C@H]2O)OC=C(C(=O)OC)[C@H]1CC(=O)OCCc1ccc(O)c(O)c1. The monoisotopic (exact) mass is 540 g/mol. The zero-order valence-corrected chi connectivity index (χ0v) is 20.8. The molecule has 13 nitrogen and oxygen atoms in total. The van der Waals surface area contributed by atoms with Gasteiger partial charge in [-0.25, -0.2) is 4.79 Å². The number of hydrogen-bond acceptors (Lipinski definition) is 13. The Morgan fingerprint density at radius 2 is 1.82 bits per heavy atom. The second kappa shape index (κ2) is 13.0. The molecule has 0 aliphatic carbocycles. The van der Waals surface area contributed by atoms with E-state index in [9.17, 15) is 40.2 Å². The number of hydrogen-bond donors (Lipinski definition) is 6. The summed E-state index contributed by atoms with van der Waals surface area (Å²) in [6.45, 7) is 0.912. The van der Waals surface area contributed by atoms with Crippen LogP contribution in [0.1, 0.15) is 18.9 Å². The lowest BCUT2D eigenvalue weighted by Crippen LogP contribution is -2.60. The summed E-state index contributed by atoms with van der Waals surface area (Å²) in [7, 11) is 1.16. The van der Waals surface area contributed by atoms with Crippen LogP contribution in [0.4, 0.5) is 0 Å². The van der Waals surface area contributed by atoms with Gasteiger partial charge in [-0.05, 0) is 24.6 Å². The number of phenolic OH excluding ortho intramolecular Hbond substituents is 2. The van der Waals surface area contributed by atoms with E-state index in [1.54, 1.807) is 19.1 Å². The molecule has 2 aliphatic heterocycles. The molecular formula is C25H32O13. The summed E-state index contributed by atoms with van der Waals surface area (Å²) in [6.07, 6.45) is -6.39. The summed E-state index contributed by atoms with van der Waals surface area (Å²) >= 11 is 0. The number of aromatic hydroxyl groups is 2. The van der Waals surface area contributed by atoms with E-state index in [1.807, 2.05) is 0 Å². The Morgan fingerprint density at radius 3 is 2.45 bits per heavy atom. The number of carbonyl (C=O) groups excluding carboxylic acids is 2. The van der Waals surface area contributed by atoms with Crippen LogP contribution in [0.25, 0.3) is 0 Å². The van der Waals surface area contributed by atoms with E-state index in [0.717, 1.165) is 13.4 Å². The molecule has 13 heteroatoms. The zero-order chi connectivity index (χ0) is 28.0. The number of carbonyl (C=O) groups is 2. The number of phenols is 2. The van der Waals surface area contributed by atoms with Crippen molar-refractivity contribution in [1.29, 1.82) is 0 Å². The lowest BCUT2D eigenvalue weighted by atomic mass is 9.86. The predicted molar refractivity (Wildman–Crippen MR) is 126 cm³/mol. The molecule has 0 aromatic heterocycles. The Labute approximate surface area is 218 Å². The minimum absolute atomic E-state index is 0.00894. The van der Waals surface area contributed by atoms with Gasteiger partial charge in [0.2, 0.25) is 6.29 Å². The zero-order valence-electron chi connectivity index (χ0n) is 20.8. The van der Waals surface area contributed by atoms with Crippen LogP contribution in [0.3, 0.4) is 0 Å². The minimum Gasteiger partial charge on any atom is -0.504 e. The van der Waals surface area contributed by atoms with Gasteiger partial charge in [-0.15, -0.1) is 0 Å². The first-order valence-corrected chi connectivity index (χ1v) is 11.8. The molecule has 0 spiro atoms. The van der Waals surface area contributed by atoms with E-state index in [2.05, 4.69) is 0 Å². The highest BCUT2D eigenvalue weighted by Crippen LogP contribution is 2.36. The average molecular weight is 541 g/mol. The summed E-state index contributed by atoms with van der Waals surface area (Å²) in [5, 5.41) is 58.8. The summed E-state index contributed by atoms with van der Waals surface area (Å²) < 4.78 is 26.7. The van der Waals surface area contributed by atoms with Crippen molar-refractivity contribution < 1.29 is 63.9 Å². The van der Waals surface area contributed by atoms with Crippen molar-refractivity contribution in [2.45, 2.75) is 56.8 Å². The van der Waals surface area contributed by atoms with Crippen molar-refractivity contribution in [2.24, 2.45) is 5.92 Å². The van der Waals surface area contributed by atoms with Crippen molar-refractivity contribution in [3.05, 3.63) is 47.2 Å². The molecule has 1 aromatic rings. The highest BCUT2D eigenvalue weighted by Gasteiger charge is 2.46. The van der Waals surface area contributed by atoms with Gasteiger partial charge >= 0.3 is 11.9 Å². The van der Waals surface area contributed by atoms with Gasteiger partial charge < -0.3 is 54.3 Å². The molecule has 0 amide bonds. The Hall–Kier alpha value is -3.20. The highest BCUT2D eigenvalue weighted by molar-refractivity contribution is 5.90. The van der Waals surface area contributed by atoms with Gasteiger partial charge in [-0.2, -0.15) is 0 Å². The molecular weight excluding hydrogens is 508 g/mol. The van der Waals surface area contributed by atoms with Gasteiger partial charge in [0.15, 0.2) is 17.8 Å². The third-order valence-corrected chi connectivity index (χ3v) is 6.29. The fourth-order valence-corrected chi connectivity index (χ4v) is 4.16. The van der Waals surface area contributed by atoms with Crippen LogP contribution in [-0.4, -0.2) is 99.9 Å². The standard InChI is InChI=1S/C25H32O13/c1-3-13-14(9-19(29)35-7-6-12-4-5-16(27)17(28)8-12)15(23(33)34-2)11-36-24(13)38-25-22(32)21(31)20(30)18(10-26)37-25/h3-5,8,11,14,18,20-22,24-28,30-32H,6-7,9-10H2,1-2H3/b13-3+/t14-,18?,20?,21-,22+,24-,25+/m0/s1. The van der Waals surface area contributed by atoms with Crippen LogP contribution in [0.15, 0.2) is 41.7 Å². The average Bonchev–Trinajstić information content (AvgIpc) is 2.90. The second-order valence-corrected chi connectivity index (χ2v) is 8.71. The summed E-state index contributed by atoms with van der Waals surface area (Å²) in [5.41, 5.74) is 0.927. The fourth-order valence-electron chi connectivity index (χ4n) is 4.16. The van der Waals surface area contributed by atoms with E-state index in [0.29, 0.717) is 11.1 Å². The van der Waals surface area contributed by atoms with E-state index in [4.69, 9.17) is 23.7 Å². The normalized spacial score (nSPS) is 30.3. The molecule has 6 N–H and O–H groups in total. The van der Waals surface area contributed by atoms with Gasteiger partial charge in [0, 0.05) is 17.9 Å². The molecule has 38 heavy (non-hydrogen) atoms. The quantitative estimate of drug-likeness (QED) is 0.131. The number of allylic oxidation sites excluding steroid dienone is 1. The molecule has 7 atom stereocenters. The fraction of sp³-hybridized carbons (Fsp3) is 0.520. The third kappa shape index (κ3) is 6.62. The van der Waals surface area contributed by atoms with Gasteiger partial charge in [0.1, 0.15) is 24.4 Å². The van der Waals surface area contributed by atoms with Gasteiger partial charge in [-0.3, -0.25) is 4.79 Å². The van der Waals surface area contributed by atoms with Gasteiger partial charge in [-0.1, -0.05) is 12.1 Å². The van der Waals surface area contributed by atoms with E-state index >= 15 is 0 Å². The molecule has 2 aliphatic rings.